The molecule has 1 aromatic carbocycles. The highest BCUT2D eigenvalue weighted by molar-refractivity contribution is 6.21. The zero-order chi connectivity index (χ0) is 29.9. The number of imide groups is 1. The van der Waals surface area contributed by atoms with Crippen LogP contribution in [-0.4, -0.2) is 116 Å². The van der Waals surface area contributed by atoms with Gasteiger partial charge in [0.15, 0.2) is 0 Å². The van der Waals surface area contributed by atoms with Crippen LogP contribution >= 0.6 is 0 Å². The largest absolute Gasteiger partial charge is 0.379 e. The second-order valence-electron chi connectivity index (χ2n) is 10.1. The average molecular weight is 596 g/mol. The van der Waals surface area contributed by atoms with Gasteiger partial charge in [-0.3, -0.25) is 14.5 Å². The van der Waals surface area contributed by atoms with Crippen LogP contribution in [0.4, 0.5) is 0 Å². The maximum atomic E-state index is 12.3. The number of benzene rings is 1. The Morgan fingerprint density at radius 3 is 1.19 bits per heavy atom. The predicted octanol–water partition coefficient (Wildman–Crippen LogP) is 4.54. The van der Waals surface area contributed by atoms with Gasteiger partial charge in [0, 0.05) is 6.61 Å². The van der Waals surface area contributed by atoms with Gasteiger partial charge >= 0.3 is 0 Å². The molecule has 2 amide bonds. The minimum atomic E-state index is -0.269. The van der Waals surface area contributed by atoms with E-state index < -0.39 is 0 Å². The van der Waals surface area contributed by atoms with Gasteiger partial charge in [0.05, 0.1) is 104 Å². The number of amides is 2. The molecule has 0 atom stereocenters. The lowest BCUT2D eigenvalue weighted by molar-refractivity contribution is -0.0208. The highest BCUT2D eigenvalue weighted by atomic mass is 16.6. The molecular weight excluding hydrogens is 542 g/mol. The molecule has 0 fully saturated rings. The van der Waals surface area contributed by atoms with Crippen molar-refractivity contribution in [3.05, 3.63) is 35.4 Å². The first-order valence-electron chi connectivity index (χ1n) is 15.7. The lowest BCUT2D eigenvalue weighted by atomic mass is 10.1. The summed E-state index contributed by atoms with van der Waals surface area (Å²) >= 11 is 0. The Hall–Kier alpha value is -1.92. The third-order valence-corrected chi connectivity index (χ3v) is 6.71. The van der Waals surface area contributed by atoms with E-state index in [0.29, 0.717) is 90.4 Å². The van der Waals surface area contributed by atoms with Gasteiger partial charge in [-0.25, -0.2) is 0 Å². The highest BCUT2D eigenvalue weighted by Gasteiger charge is 2.34. The van der Waals surface area contributed by atoms with Crippen molar-refractivity contribution in [3.8, 4) is 0 Å². The van der Waals surface area contributed by atoms with Crippen molar-refractivity contribution >= 4 is 11.8 Å². The Labute approximate surface area is 252 Å². The van der Waals surface area contributed by atoms with E-state index in [9.17, 15) is 9.59 Å². The third-order valence-electron chi connectivity index (χ3n) is 6.71. The molecule has 0 aliphatic carbocycles. The second-order valence-corrected chi connectivity index (χ2v) is 10.1. The van der Waals surface area contributed by atoms with Gasteiger partial charge in [-0.2, -0.15) is 0 Å². The maximum Gasteiger partial charge on any atom is 0.261 e. The summed E-state index contributed by atoms with van der Waals surface area (Å²) in [4.78, 5) is 25.8. The van der Waals surface area contributed by atoms with Crippen molar-refractivity contribution < 1.29 is 42.7 Å². The van der Waals surface area contributed by atoms with E-state index >= 15 is 0 Å². The molecule has 10 heteroatoms. The number of hydrogen-bond donors (Lipinski definition) is 0. The Kier molecular flexibility index (Phi) is 22.1. The van der Waals surface area contributed by atoms with Gasteiger partial charge in [-0.05, 0) is 18.6 Å². The lowest BCUT2D eigenvalue weighted by Gasteiger charge is -2.13. The van der Waals surface area contributed by atoms with Gasteiger partial charge in [0.1, 0.15) is 0 Å². The predicted molar refractivity (Wildman–Crippen MR) is 160 cm³/mol. The number of nitrogens with zero attached hydrogens (tertiary/aromatic N) is 1. The standard InChI is InChI=1S/C32H53NO9/c1-2-3-4-5-6-7-8-11-15-36-17-19-38-21-23-40-25-27-42-28-26-41-24-22-39-20-18-37-16-14-33-31(34)29-12-9-10-13-30(29)32(33)35/h9-10,12-13H,2-8,11,14-28H2,1H3. The average Bonchev–Trinajstić information content (AvgIpc) is 3.25. The third kappa shape index (κ3) is 16.6. The van der Waals surface area contributed by atoms with E-state index in [1.165, 1.54) is 49.8 Å². The molecular formula is C32H53NO9. The summed E-state index contributed by atoms with van der Waals surface area (Å²) in [5.41, 5.74) is 0.901. The van der Waals surface area contributed by atoms with E-state index in [2.05, 4.69) is 6.92 Å². The lowest BCUT2D eigenvalue weighted by Crippen LogP contribution is -2.33. The van der Waals surface area contributed by atoms with E-state index in [1.54, 1.807) is 24.3 Å². The summed E-state index contributed by atoms with van der Waals surface area (Å²) in [6.07, 6.45) is 10.5. The Morgan fingerprint density at radius 2 is 0.786 bits per heavy atom. The summed E-state index contributed by atoms with van der Waals surface area (Å²) in [5.74, 6) is -0.537. The molecule has 0 bridgehead atoms. The fraction of sp³-hybridized carbons (Fsp3) is 0.750. The van der Waals surface area contributed by atoms with Crippen molar-refractivity contribution in [1.82, 2.24) is 4.90 Å². The molecule has 1 aliphatic heterocycles. The van der Waals surface area contributed by atoms with E-state index in [0.717, 1.165) is 13.0 Å². The van der Waals surface area contributed by atoms with Gasteiger partial charge in [0.25, 0.3) is 11.8 Å². The Bertz CT molecular complexity index is 788. The first-order chi connectivity index (χ1) is 20.8. The molecule has 1 aliphatic rings. The molecule has 240 valence electrons. The molecule has 0 saturated heterocycles. The van der Waals surface area contributed by atoms with Crippen LogP contribution in [0.2, 0.25) is 0 Å². The summed E-state index contributed by atoms with van der Waals surface area (Å²) in [6, 6.07) is 6.84. The summed E-state index contributed by atoms with van der Waals surface area (Å²) in [7, 11) is 0. The van der Waals surface area contributed by atoms with Crippen LogP contribution in [0.5, 0.6) is 0 Å². The highest BCUT2D eigenvalue weighted by Crippen LogP contribution is 2.21. The van der Waals surface area contributed by atoms with Crippen LogP contribution in [0.3, 0.4) is 0 Å². The van der Waals surface area contributed by atoms with E-state index in [1.807, 2.05) is 0 Å². The van der Waals surface area contributed by atoms with Crippen molar-refractivity contribution in [2.75, 3.05) is 99.0 Å². The zero-order valence-corrected chi connectivity index (χ0v) is 25.7. The fourth-order valence-electron chi connectivity index (χ4n) is 4.36. The van der Waals surface area contributed by atoms with Gasteiger partial charge in [-0.1, -0.05) is 64.0 Å². The van der Waals surface area contributed by atoms with Crippen LogP contribution in [0.25, 0.3) is 0 Å². The van der Waals surface area contributed by atoms with Crippen LogP contribution in [0.1, 0.15) is 79.0 Å². The number of fused-ring (bicyclic) bond motifs is 1. The van der Waals surface area contributed by atoms with Crippen LogP contribution < -0.4 is 0 Å². The number of unbranched alkanes of at least 4 members (excludes halogenated alkanes) is 7. The van der Waals surface area contributed by atoms with Crippen molar-refractivity contribution in [2.45, 2.75) is 58.3 Å². The second kappa shape index (κ2) is 25.6. The summed E-state index contributed by atoms with van der Waals surface area (Å²) in [5, 5.41) is 0. The first-order valence-corrected chi connectivity index (χ1v) is 15.7. The molecule has 42 heavy (non-hydrogen) atoms. The molecule has 10 nitrogen and oxygen atoms in total. The Balaban J connectivity index is 1.21. The smallest absolute Gasteiger partial charge is 0.261 e. The minimum Gasteiger partial charge on any atom is -0.379 e. The van der Waals surface area contributed by atoms with E-state index in [-0.39, 0.29) is 25.0 Å². The Morgan fingerprint density at radius 1 is 0.452 bits per heavy atom. The maximum absolute atomic E-state index is 12.3. The molecule has 0 saturated carbocycles. The van der Waals surface area contributed by atoms with Gasteiger partial charge < -0.3 is 33.2 Å². The molecule has 0 spiro atoms. The molecule has 0 radical (unpaired) electrons. The molecule has 0 unspecified atom stereocenters. The van der Waals surface area contributed by atoms with Gasteiger partial charge in [0.2, 0.25) is 0 Å². The minimum absolute atomic E-state index is 0.225. The topological polar surface area (TPSA) is 102 Å². The monoisotopic (exact) mass is 595 g/mol. The molecule has 0 N–H and O–H groups in total. The zero-order valence-electron chi connectivity index (χ0n) is 25.7. The SMILES string of the molecule is CCCCCCCCCCOCCOCCOCCOCCOCCOCCOCCN1C(=O)c2ccccc2C1=O. The van der Waals surface area contributed by atoms with Gasteiger partial charge in [-0.15, -0.1) is 0 Å². The van der Waals surface area contributed by atoms with Crippen molar-refractivity contribution in [2.24, 2.45) is 0 Å². The summed E-state index contributed by atoms with van der Waals surface area (Å²) in [6.45, 7) is 9.64. The van der Waals surface area contributed by atoms with Crippen molar-refractivity contribution in [1.29, 1.82) is 0 Å². The molecule has 2 rings (SSSR count). The molecule has 1 heterocycles. The quantitative estimate of drug-likeness (QED) is 0.0937. The summed E-state index contributed by atoms with van der Waals surface area (Å²) < 4.78 is 38.5. The number of rotatable bonds is 30. The number of hydrogen-bond acceptors (Lipinski definition) is 9. The molecule has 1 aromatic rings. The van der Waals surface area contributed by atoms with Crippen LogP contribution in [0.15, 0.2) is 24.3 Å². The van der Waals surface area contributed by atoms with Crippen molar-refractivity contribution in [3.63, 3.8) is 0 Å². The van der Waals surface area contributed by atoms with Crippen LogP contribution in [0, 0.1) is 0 Å². The normalized spacial score (nSPS) is 12.9. The number of carbonyl (C=O) groups is 2. The first kappa shape index (κ1) is 36.3. The number of ether oxygens (including phenoxy) is 7. The van der Waals surface area contributed by atoms with E-state index in [4.69, 9.17) is 33.2 Å². The number of carbonyl (C=O) groups excluding carboxylic acids is 2. The van der Waals surface area contributed by atoms with Crippen LogP contribution in [-0.2, 0) is 33.2 Å². The fourth-order valence-corrected chi connectivity index (χ4v) is 4.36. The molecule has 0 aromatic heterocycles.